The van der Waals surface area contributed by atoms with Crippen LogP contribution in [0, 0.1) is 0 Å². The number of nitrogens with one attached hydrogen (secondary N) is 1. The van der Waals surface area contributed by atoms with Gasteiger partial charge in [-0.3, -0.25) is 9.59 Å². The van der Waals surface area contributed by atoms with Gasteiger partial charge in [-0.1, -0.05) is 238 Å². The Hall–Kier alpha value is -1.66. The Morgan fingerprint density at radius 3 is 1.31 bits per heavy atom. The SMILES string of the molecule is CCCCCCCC/C=C\C/C=C/CCC(=O)OC(CCCCCCCCCCCCCCCC)CC(=O)NC(CO)C(O)CCCCCCCCCCCCCC. The quantitative estimate of drug-likeness (QED) is 0.0323. The summed E-state index contributed by atoms with van der Waals surface area (Å²) in [5, 5.41) is 23.7. The number of amides is 1. The van der Waals surface area contributed by atoms with Crippen LogP contribution in [-0.4, -0.2) is 46.9 Å². The molecule has 0 spiro atoms. The molecule has 3 N–H and O–H groups in total. The van der Waals surface area contributed by atoms with Gasteiger partial charge in [0.1, 0.15) is 6.10 Å². The molecule has 3 unspecified atom stereocenters. The minimum Gasteiger partial charge on any atom is -0.462 e. The van der Waals surface area contributed by atoms with Crippen LogP contribution >= 0.6 is 0 Å². The van der Waals surface area contributed by atoms with Gasteiger partial charge in [-0.25, -0.2) is 0 Å². The van der Waals surface area contributed by atoms with Crippen molar-refractivity contribution in [3.8, 4) is 0 Å². The van der Waals surface area contributed by atoms with Crippen molar-refractivity contribution in [2.75, 3.05) is 6.61 Å². The standard InChI is InChI=1S/C52H99NO5/c1-4-7-10-13-16-19-22-25-27-28-31-34-37-40-43-48(58-52(57)45-42-39-36-33-30-26-23-20-17-14-11-8-5-2)46-51(56)53-49(47-54)50(55)44-41-38-35-32-29-24-21-18-15-12-9-6-3/h26,30,36,39,48-50,54-55H,4-25,27-29,31-35,37-38,40-47H2,1-3H3,(H,53,56)/b30-26-,39-36+. The van der Waals surface area contributed by atoms with Crippen LogP contribution in [0.15, 0.2) is 24.3 Å². The van der Waals surface area contributed by atoms with Gasteiger partial charge in [0.15, 0.2) is 0 Å². The molecule has 0 heterocycles. The molecule has 0 saturated heterocycles. The summed E-state index contributed by atoms with van der Waals surface area (Å²) in [6, 6.07) is -0.706. The lowest BCUT2D eigenvalue weighted by Crippen LogP contribution is -2.46. The van der Waals surface area contributed by atoms with Crippen LogP contribution in [0.5, 0.6) is 0 Å². The highest BCUT2D eigenvalue weighted by Gasteiger charge is 2.24. The zero-order chi connectivity index (χ0) is 42.4. The van der Waals surface area contributed by atoms with Crippen LogP contribution in [0.3, 0.4) is 0 Å². The fraction of sp³-hybridized carbons (Fsp3) is 0.885. The van der Waals surface area contributed by atoms with E-state index < -0.39 is 18.2 Å². The number of allylic oxidation sites excluding steroid dienone is 4. The van der Waals surface area contributed by atoms with Crippen LogP contribution < -0.4 is 5.32 Å². The van der Waals surface area contributed by atoms with E-state index in [1.54, 1.807) is 0 Å². The summed E-state index contributed by atoms with van der Waals surface area (Å²) in [6.07, 6.45) is 52.4. The molecule has 0 aromatic carbocycles. The number of hydrogen-bond donors (Lipinski definition) is 3. The molecule has 6 nitrogen and oxygen atoms in total. The molecular formula is C52H99NO5. The monoisotopic (exact) mass is 818 g/mol. The molecule has 6 heteroatoms. The second-order valence-corrected chi connectivity index (χ2v) is 17.6. The summed E-state index contributed by atoms with van der Waals surface area (Å²) in [7, 11) is 0. The van der Waals surface area contributed by atoms with Crippen LogP contribution in [0.2, 0.25) is 0 Å². The Bertz CT molecular complexity index is 919. The van der Waals surface area contributed by atoms with E-state index >= 15 is 0 Å². The van der Waals surface area contributed by atoms with Gasteiger partial charge in [-0.05, 0) is 44.9 Å². The van der Waals surface area contributed by atoms with E-state index in [1.807, 2.05) is 0 Å². The summed E-state index contributed by atoms with van der Waals surface area (Å²) < 4.78 is 5.89. The number of carbonyl (C=O) groups excluding carboxylic acids is 2. The summed E-state index contributed by atoms with van der Waals surface area (Å²) in [6.45, 7) is 6.47. The molecular weight excluding hydrogens is 719 g/mol. The molecule has 1 amide bonds. The molecule has 0 saturated carbocycles. The van der Waals surface area contributed by atoms with Crippen molar-refractivity contribution in [1.82, 2.24) is 5.32 Å². The lowest BCUT2D eigenvalue weighted by molar-refractivity contribution is -0.150. The van der Waals surface area contributed by atoms with Gasteiger partial charge >= 0.3 is 5.97 Å². The zero-order valence-electron chi connectivity index (χ0n) is 38.9. The van der Waals surface area contributed by atoms with E-state index in [0.29, 0.717) is 25.7 Å². The van der Waals surface area contributed by atoms with Crippen molar-refractivity contribution < 1.29 is 24.5 Å². The number of ether oxygens (including phenoxy) is 1. The highest BCUT2D eigenvalue weighted by atomic mass is 16.5. The minimum absolute atomic E-state index is 0.0608. The first kappa shape index (κ1) is 56.3. The third-order valence-corrected chi connectivity index (χ3v) is 11.8. The van der Waals surface area contributed by atoms with Crippen LogP contribution in [0.1, 0.15) is 271 Å². The van der Waals surface area contributed by atoms with Gasteiger partial charge in [-0.2, -0.15) is 0 Å². The lowest BCUT2D eigenvalue weighted by Gasteiger charge is -2.24. The van der Waals surface area contributed by atoms with Crippen molar-refractivity contribution in [2.24, 2.45) is 0 Å². The topological polar surface area (TPSA) is 95.9 Å². The Labute approximate surface area is 361 Å². The largest absolute Gasteiger partial charge is 0.462 e. The highest BCUT2D eigenvalue weighted by molar-refractivity contribution is 5.77. The van der Waals surface area contributed by atoms with Gasteiger partial charge in [0.05, 0.1) is 25.2 Å². The number of carbonyl (C=O) groups is 2. The predicted molar refractivity (Wildman–Crippen MR) is 250 cm³/mol. The molecule has 342 valence electrons. The third kappa shape index (κ3) is 41.1. The van der Waals surface area contributed by atoms with E-state index in [9.17, 15) is 19.8 Å². The average molecular weight is 818 g/mol. The number of esters is 1. The van der Waals surface area contributed by atoms with Crippen molar-refractivity contribution in [2.45, 2.75) is 289 Å². The van der Waals surface area contributed by atoms with Gasteiger partial charge in [0.2, 0.25) is 5.91 Å². The van der Waals surface area contributed by atoms with E-state index in [4.69, 9.17) is 4.74 Å². The van der Waals surface area contributed by atoms with Crippen LogP contribution in [-0.2, 0) is 14.3 Å². The van der Waals surface area contributed by atoms with Gasteiger partial charge in [0.25, 0.3) is 0 Å². The first-order valence-electron chi connectivity index (χ1n) is 25.6. The molecule has 0 aliphatic heterocycles. The number of aliphatic hydroxyl groups excluding tert-OH is 2. The zero-order valence-corrected chi connectivity index (χ0v) is 38.9. The van der Waals surface area contributed by atoms with Crippen molar-refractivity contribution in [3.05, 3.63) is 24.3 Å². The van der Waals surface area contributed by atoms with Crippen LogP contribution in [0.4, 0.5) is 0 Å². The molecule has 58 heavy (non-hydrogen) atoms. The Morgan fingerprint density at radius 1 is 0.500 bits per heavy atom. The Balaban J connectivity index is 4.62. The van der Waals surface area contributed by atoms with E-state index in [1.165, 1.54) is 173 Å². The Morgan fingerprint density at radius 2 is 0.879 bits per heavy atom. The second-order valence-electron chi connectivity index (χ2n) is 17.6. The summed E-state index contributed by atoms with van der Waals surface area (Å²) in [5.74, 6) is -0.541. The summed E-state index contributed by atoms with van der Waals surface area (Å²) in [4.78, 5) is 26.1. The Kier molecular flexibility index (Phi) is 45.1. The maximum Gasteiger partial charge on any atom is 0.306 e. The average Bonchev–Trinajstić information content (AvgIpc) is 3.22. The minimum atomic E-state index is -0.791. The molecule has 0 aromatic heterocycles. The van der Waals surface area contributed by atoms with Crippen molar-refractivity contribution in [1.29, 1.82) is 0 Å². The maximum absolute atomic E-state index is 13.2. The summed E-state index contributed by atoms with van der Waals surface area (Å²) >= 11 is 0. The second kappa shape index (κ2) is 46.4. The smallest absolute Gasteiger partial charge is 0.306 e. The number of unbranched alkanes of at least 4 members (excludes halogenated alkanes) is 30. The predicted octanol–water partition coefficient (Wildman–Crippen LogP) is 15.1. The molecule has 0 radical (unpaired) electrons. The fourth-order valence-corrected chi connectivity index (χ4v) is 7.90. The van der Waals surface area contributed by atoms with E-state index in [2.05, 4.69) is 50.4 Å². The molecule has 0 aliphatic rings. The maximum atomic E-state index is 13.2. The van der Waals surface area contributed by atoms with Crippen molar-refractivity contribution in [3.63, 3.8) is 0 Å². The number of hydrogen-bond acceptors (Lipinski definition) is 5. The van der Waals surface area contributed by atoms with Gasteiger partial charge in [0, 0.05) is 6.42 Å². The highest BCUT2D eigenvalue weighted by Crippen LogP contribution is 2.18. The van der Waals surface area contributed by atoms with Crippen LogP contribution in [0.25, 0.3) is 0 Å². The molecule has 0 aromatic rings. The molecule has 0 fully saturated rings. The number of aliphatic hydroxyl groups is 2. The van der Waals surface area contributed by atoms with Gasteiger partial charge < -0.3 is 20.3 Å². The molecule has 0 bridgehead atoms. The first-order chi connectivity index (χ1) is 28.5. The van der Waals surface area contributed by atoms with E-state index in [0.717, 1.165) is 44.9 Å². The molecule has 0 aliphatic carbocycles. The normalized spacial score (nSPS) is 13.4. The van der Waals surface area contributed by atoms with Gasteiger partial charge in [-0.15, -0.1) is 0 Å². The first-order valence-corrected chi connectivity index (χ1v) is 25.6. The van der Waals surface area contributed by atoms with Crippen molar-refractivity contribution >= 4 is 11.9 Å². The molecule has 3 atom stereocenters. The molecule has 0 rings (SSSR count). The summed E-state index contributed by atoms with van der Waals surface area (Å²) in [5.41, 5.74) is 0. The van der Waals surface area contributed by atoms with E-state index in [-0.39, 0.29) is 24.9 Å². The fourth-order valence-electron chi connectivity index (χ4n) is 7.90. The third-order valence-electron chi connectivity index (χ3n) is 11.8. The lowest BCUT2D eigenvalue weighted by atomic mass is 10.0. The number of rotatable bonds is 46.